The van der Waals surface area contributed by atoms with Crippen molar-refractivity contribution in [2.24, 2.45) is 0 Å². The minimum absolute atomic E-state index is 0.193. The first kappa shape index (κ1) is 19.6. The van der Waals surface area contributed by atoms with E-state index in [1.54, 1.807) is 51.1 Å². The third kappa shape index (κ3) is 5.12. The van der Waals surface area contributed by atoms with Crippen LogP contribution in [0.3, 0.4) is 0 Å². The molecule has 3 nitrogen and oxygen atoms in total. The summed E-state index contributed by atoms with van der Waals surface area (Å²) in [6.07, 6.45) is -3.07. The molecule has 0 aliphatic carbocycles. The Morgan fingerprint density at radius 3 is 2.15 bits per heavy atom. The van der Waals surface area contributed by atoms with Gasteiger partial charge in [-0.3, -0.25) is 0 Å². The summed E-state index contributed by atoms with van der Waals surface area (Å²) in [6.45, 7) is 8.53. The maximum Gasteiger partial charge on any atom is 0.420 e. The lowest BCUT2D eigenvalue weighted by atomic mass is 10.1. The van der Waals surface area contributed by atoms with Gasteiger partial charge in [-0.1, -0.05) is 24.8 Å². The van der Waals surface area contributed by atoms with E-state index in [1.165, 1.54) is 6.07 Å². The molecule has 0 aliphatic rings. The molecule has 0 saturated heterocycles. The van der Waals surface area contributed by atoms with Gasteiger partial charge in [-0.15, -0.1) is 0 Å². The molecular formula is C20H19F3O3. The average molecular weight is 364 g/mol. The van der Waals surface area contributed by atoms with Gasteiger partial charge in [0.1, 0.15) is 17.1 Å². The number of carbonyl (C=O) groups excluding carboxylic acids is 1. The molecule has 0 saturated carbocycles. The maximum atomic E-state index is 13.4. The van der Waals surface area contributed by atoms with Crippen molar-refractivity contribution in [2.45, 2.75) is 32.5 Å². The minimum atomic E-state index is -4.69. The highest BCUT2D eigenvalue weighted by Gasteiger charge is 2.36. The smallest absolute Gasteiger partial charge is 0.420 e. The number of carbonyl (C=O) groups is 1. The van der Waals surface area contributed by atoms with Crippen molar-refractivity contribution in [3.05, 3.63) is 65.7 Å². The van der Waals surface area contributed by atoms with Crippen LogP contribution >= 0.6 is 0 Å². The highest BCUT2D eigenvalue weighted by molar-refractivity contribution is 5.90. The normalized spacial score (nSPS) is 11.8. The zero-order valence-corrected chi connectivity index (χ0v) is 14.7. The predicted molar refractivity (Wildman–Crippen MR) is 93.2 cm³/mol. The lowest BCUT2D eigenvalue weighted by Gasteiger charge is -2.20. The van der Waals surface area contributed by atoms with Gasteiger partial charge in [-0.2, -0.15) is 13.2 Å². The predicted octanol–water partition coefficient (Wildman–Crippen LogP) is 6.10. The number of ether oxygens (including phenoxy) is 2. The molecule has 0 N–H and O–H groups in total. The first-order chi connectivity index (χ1) is 12.0. The summed E-state index contributed by atoms with van der Waals surface area (Å²) in [5.74, 6) is -0.979. The van der Waals surface area contributed by atoms with Crippen LogP contribution in [0.15, 0.2) is 49.0 Å². The molecule has 0 atom stereocenters. The molecule has 2 rings (SSSR count). The van der Waals surface area contributed by atoms with Crippen molar-refractivity contribution in [3.8, 4) is 11.5 Å². The first-order valence-corrected chi connectivity index (χ1v) is 7.84. The topological polar surface area (TPSA) is 35.5 Å². The summed E-state index contributed by atoms with van der Waals surface area (Å²) >= 11 is 0. The highest BCUT2D eigenvalue weighted by Crippen LogP contribution is 2.39. The second-order valence-electron chi connectivity index (χ2n) is 6.59. The number of esters is 1. The third-order valence-electron chi connectivity index (χ3n) is 3.26. The van der Waals surface area contributed by atoms with Crippen molar-refractivity contribution in [3.63, 3.8) is 0 Å². The molecule has 0 spiro atoms. The second kappa shape index (κ2) is 7.23. The summed E-state index contributed by atoms with van der Waals surface area (Å²) in [5, 5.41) is 0. The molecule has 0 fully saturated rings. The van der Waals surface area contributed by atoms with Crippen LogP contribution in [0, 0.1) is 0 Å². The van der Waals surface area contributed by atoms with E-state index >= 15 is 0 Å². The lowest BCUT2D eigenvalue weighted by molar-refractivity contribution is -0.138. The Labute approximate surface area is 150 Å². The fourth-order valence-corrected chi connectivity index (χ4v) is 2.10. The zero-order valence-electron chi connectivity index (χ0n) is 14.7. The maximum absolute atomic E-state index is 13.4. The van der Waals surface area contributed by atoms with Gasteiger partial charge in [-0.05, 0) is 56.7 Å². The van der Waals surface area contributed by atoms with Gasteiger partial charge in [0.2, 0.25) is 0 Å². The summed E-state index contributed by atoms with van der Waals surface area (Å²) in [7, 11) is 0. The van der Waals surface area contributed by atoms with E-state index in [0.717, 1.165) is 17.7 Å². The number of halogens is 3. The molecule has 6 heteroatoms. The Morgan fingerprint density at radius 1 is 1.04 bits per heavy atom. The Morgan fingerprint density at radius 2 is 1.65 bits per heavy atom. The van der Waals surface area contributed by atoms with E-state index in [9.17, 15) is 18.0 Å². The number of benzene rings is 2. The van der Waals surface area contributed by atoms with E-state index < -0.39 is 29.1 Å². The molecule has 0 aromatic heterocycles. The molecular weight excluding hydrogens is 345 g/mol. The van der Waals surface area contributed by atoms with Gasteiger partial charge < -0.3 is 9.47 Å². The van der Waals surface area contributed by atoms with Crippen molar-refractivity contribution in [1.82, 2.24) is 0 Å². The van der Waals surface area contributed by atoms with Gasteiger partial charge in [-0.25, -0.2) is 4.79 Å². The second-order valence-corrected chi connectivity index (χ2v) is 6.59. The van der Waals surface area contributed by atoms with Gasteiger partial charge in [0.15, 0.2) is 0 Å². The number of hydrogen-bond acceptors (Lipinski definition) is 3. The molecule has 0 bridgehead atoms. The van der Waals surface area contributed by atoms with Crippen LogP contribution in [0.1, 0.15) is 42.3 Å². The lowest BCUT2D eigenvalue weighted by Crippen LogP contribution is -2.24. The molecule has 26 heavy (non-hydrogen) atoms. The summed E-state index contributed by atoms with van der Waals surface area (Å²) < 4.78 is 50.7. The fourth-order valence-electron chi connectivity index (χ4n) is 2.10. The van der Waals surface area contributed by atoms with Crippen LogP contribution in [0.4, 0.5) is 13.2 Å². The molecule has 0 radical (unpaired) electrons. The molecule has 2 aromatic rings. The van der Waals surface area contributed by atoms with Crippen LogP contribution in [0.5, 0.6) is 11.5 Å². The fraction of sp³-hybridized carbons (Fsp3) is 0.250. The highest BCUT2D eigenvalue weighted by atomic mass is 19.4. The Hall–Kier alpha value is -2.76. The van der Waals surface area contributed by atoms with E-state index in [1.807, 2.05) is 0 Å². The zero-order chi connectivity index (χ0) is 19.5. The van der Waals surface area contributed by atoms with Crippen molar-refractivity contribution < 1.29 is 27.4 Å². The van der Waals surface area contributed by atoms with E-state index in [4.69, 9.17) is 9.47 Å². The Kier molecular flexibility index (Phi) is 5.44. The molecule has 0 unspecified atom stereocenters. The Bertz CT molecular complexity index is 801. The molecule has 138 valence electrons. The summed E-state index contributed by atoms with van der Waals surface area (Å²) in [4.78, 5) is 12.0. The van der Waals surface area contributed by atoms with Crippen molar-refractivity contribution >= 4 is 12.0 Å². The van der Waals surface area contributed by atoms with Crippen LogP contribution in [0.2, 0.25) is 0 Å². The summed E-state index contributed by atoms with van der Waals surface area (Å²) in [5.41, 5.74) is -1.23. The standard InChI is InChI=1S/C20H19F3O3/c1-5-13-6-9-15(10-7-13)25-17-11-8-14(12-16(17)20(21,22)23)18(24)26-19(2,3)4/h5-12H,1H2,2-4H3. The summed E-state index contributed by atoms with van der Waals surface area (Å²) in [6, 6.07) is 9.52. The SMILES string of the molecule is C=Cc1ccc(Oc2ccc(C(=O)OC(C)(C)C)cc2C(F)(F)F)cc1. The van der Waals surface area contributed by atoms with Crippen molar-refractivity contribution in [2.75, 3.05) is 0 Å². The van der Waals surface area contributed by atoms with E-state index in [-0.39, 0.29) is 11.3 Å². The van der Waals surface area contributed by atoms with Crippen LogP contribution in [0.25, 0.3) is 6.08 Å². The number of alkyl halides is 3. The van der Waals surface area contributed by atoms with E-state index in [0.29, 0.717) is 0 Å². The monoisotopic (exact) mass is 364 g/mol. The first-order valence-electron chi connectivity index (χ1n) is 7.84. The quantitative estimate of drug-likeness (QED) is 0.615. The molecule has 2 aromatic carbocycles. The molecule has 0 amide bonds. The third-order valence-corrected chi connectivity index (χ3v) is 3.26. The number of hydrogen-bond donors (Lipinski definition) is 0. The minimum Gasteiger partial charge on any atom is -0.457 e. The van der Waals surface area contributed by atoms with Gasteiger partial charge in [0, 0.05) is 0 Å². The van der Waals surface area contributed by atoms with Gasteiger partial charge in [0.25, 0.3) is 0 Å². The van der Waals surface area contributed by atoms with E-state index in [2.05, 4.69) is 6.58 Å². The van der Waals surface area contributed by atoms with Crippen LogP contribution in [-0.2, 0) is 10.9 Å². The van der Waals surface area contributed by atoms with Gasteiger partial charge in [0.05, 0.1) is 11.1 Å². The molecule has 0 aliphatic heterocycles. The van der Waals surface area contributed by atoms with Crippen LogP contribution < -0.4 is 4.74 Å². The largest absolute Gasteiger partial charge is 0.457 e. The van der Waals surface area contributed by atoms with Crippen molar-refractivity contribution in [1.29, 1.82) is 0 Å². The molecule has 0 heterocycles. The van der Waals surface area contributed by atoms with Crippen LogP contribution in [-0.4, -0.2) is 11.6 Å². The average Bonchev–Trinajstić information content (AvgIpc) is 2.53. The Balaban J connectivity index is 2.36. The number of rotatable bonds is 4. The van der Waals surface area contributed by atoms with Gasteiger partial charge >= 0.3 is 12.1 Å².